The van der Waals surface area contributed by atoms with E-state index >= 15 is 0 Å². The zero-order valence-electron chi connectivity index (χ0n) is 61.1. The highest BCUT2D eigenvalue weighted by Gasteiger charge is 2.46. The minimum atomic E-state index is -0.870. The van der Waals surface area contributed by atoms with Gasteiger partial charge in [0.15, 0.2) is 0 Å². The van der Waals surface area contributed by atoms with Crippen LogP contribution < -0.4 is 30.4 Å². The van der Waals surface area contributed by atoms with Crippen molar-refractivity contribution >= 4 is 95.0 Å². The van der Waals surface area contributed by atoms with Gasteiger partial charge < -0.3 is 14.7 Å². The highest BCUT2D eigenvalue weighted by molar-refractivity contribution is 7.33. The van der Waals surface area contributed by atoms with Crippen LogP contribution in [0.15, 0.2) is 212 Å². The summed E-state index contributed by atoms with van der Waals surface area (Å²) in [4.78, 5) is 5.14. The number of rotatable bonds is 7. The molecule has 9 aromatic carbocycles. The summed E-state index contributed by atoms with van der Waals surface area (Å²) in [5.74, 6) is 0. The first-order valence-electron chi connectivity index (χ1n) is 33.8. The third-order valence-electron chi connectivity index (χ3n) is 13.9. The molecule has 5 heteroatoms. The normalized spacial score (nSPS) is 16.8. The van der Waals surface area contributed by atoms with Crippen molar-refractivity contribution in [3.8, 4) is 22.3 Å². The minimum Gasteiger partial charge on any atom is -0.311 e. The average Bonchev–Trinajstić information content (AvgIpc) is 1.17. The summed E-state index contributed by atoms with van der Waals surface area (Å²) >= 11 is 1.52. The van der Waals surface area contributed by atoms with Crippen LogP contribution in [0, 0.1) is 0 Å². The summed E-state index contributed by atoms with van der Waals surface area (Å²) in [6, 6.07) is 17.5. The van der Waals surface area contributed by atoms with Gasteiger partial charge >= 0.3 is 0 Å². The molecule has 2 aliphatic heterocycles. The van der Waals surface area contributed by atoms with Crippen molar-refractivity contribution in [2.75, 3.05) is 14.7 Å². The topological polar surface area (TPSA) is 9.72 Å². The molecule has 10 aromatic rings. The molecule has 3 heterocycles. The molecule has 0 bridgehead atoms. The van der Waals surface area contributed by atoms with E-state index in [4.69, 9.17) is 13.7 Å². The van der Waals surface area contributed by atoms with Gasteiger partial charge in [-0.2, -0.15) is 0 Å². The van der Waals surface area contributed by atoms with Crippen molar-refractivity contribution in [1.82, 2.24) is 0 Å². The van der Waals surface area contributed by atoms with E-state index in [1.807, 2.05) is 47.4 Å². The van der Waals surface area contributed by atoms with Crippen molar-refractivity contribution in [3.05, 3.63) is 229 Å². The molecule has 0 N–H and O–H groups in total. The summed E-state index contributed by atoms with van der Waals surface area (Å²) in [7, 11) is 0. The second-order valence-corrected chi connectivity index (χ2v) is 22.8. The highest BCUT2D eigenvalue weighted by Crippen LogP contribution is 2.52. The maximum Gasteiger partial charge on any atom is 0.264 e. The van der Waals surface area contributed by atoms with Crippen LogP contribution in [0.5, 0.6) is 0 Å². The zero-order chi connectivity index (χ0) is 66.9. The van der Waals surface area contributed by atoms with Gasteiger partial charge in [0.25, 0.3) is 6.71 Å². The molecule has 73 heavy (non-hydrogen) atoms. The van der Waals surface area contributed by atoms with Crippen molar-refractivity contribution in [3.63, 3.8) is 0 Å². The van der Waals surface area contributed by atoms with E-state index in [0.29, 0.717) is 33.7 Å². The van der Waals surface area contributed by atoms with Crippen LogP contribution in [0.25, 0.3) is 32.3 Å². The van der Waals surface area contributed by atoms with Crippen LogP contribution in [-0.4, -0.2) is 6.71 Å². The van der Waals surface area contributed by atoms with Gasteiger partial charge in [-0.25, -0.2) is 0 Å². The molecular weight excluding hydrogens is 902 g/mol. The Morgan fingerprint density at radius 3 is 1.55 bits per heavy atom. The molecular formula is C68H62BN3S. The van der Waals surface area contributed by atoms with E-state index in [0.717, 1.165) is 53.9 Å². The third-order valence-corrected chi connectivity index (χ3v) is 15.1. The SMILES string of the molecule is [2H]c1cc(N(c2cc3c(cc2-c2c([2H])c([2H])c([2H])c([2H])c2[2H])B2c4sc5ccc(C(C)(C)C)cc5c4N(c4ccc(C(C)(C)C)cc4)c4cc(-c5c([2H])c([2H])c([2H])c([2H])c5[2H])cc(c42)N3c2ccc(C(C)(C)C)cc2)c2c([2H])c([2H])c([2H])c([2H])c2[2H])c([2H])c([2H])c1[2H]. The summed E-state index contributed by atoms with van der Waals surface area (Å²) in [6.07, 6.45) is 0. The van der Waals surface area contributed by atoms with E-state index < -0.39 is 133 Å². The number of para-hydroxylation sites is 2. The smallest absolute Gasteiger partial charge is 0.264 e. The van der Waals surface area contributed by atoms with Gasteiger partial charge in [-0.05, 0) is 139 Å². The van der Waals surface area contributed by atoms with Crippen molar-refractivity contribution in [2.45, 2.75) is 78.6 Å². The second-order valence-electron chi connectivity index (χ2n) is 21.7. The minimum absolute atomic E-state index is 0.0951. The molecule has 0 unspecified atom stereocenters. The van der Waals surface area contributed by atoms with E-state index in [1.165, 1.54) is 11.3 Å². The molecule has 1 aromatic heterocycles. The number of fused-ring (bicyclic) bond motifs is 6. The summed E-state index contributed by atoms with van der Waals surface area (Å²) in [6.45, 7) is 18.1. The zero-order valence-corrected chi connectivity index (χ0v) is 42.9. The molecule has 3 nitrogen and oxygen atoms in total. The van der Waals surface area contributed by atoms with Crippen LogP contribution in [0.4, 0.5) is 51.2 Å². The Labute approximate surface area is 463 Å². The maximum atomic E-state index is 9.74. The second kappa shape index (κ2) is 17.6. The van der Waals surface area contributed by atoms with Crippen LogP contribution in [-0.2, 0) is 16.2 Å². The predicted molar refractivity (Wildman–Crippen MR) is 318 cm³/mol. The summed E-state index contributed by atoms with van der Waals surface area (Å²) in [5.41, 5.74) is 4.84. The van der Waals surface area contributed by atoms with Gasteiger partial charge in [-0.3, -0.25) is 0 Å². The number of hydrogen-bond acceptors (Lipinski definition) is 4. The first-order chi connectivity index (χ1) is 43.0. The van der Waals surface area contributed by atoms with Gasteiger partial charge in [0.1, 0.15) is 0 Å². The van der Waals surface area contributed by atoms with Gasteiger partial charge in [0.2, 0.25) is 0 Å². The molecule has 0 radical (unpaired) electrons. The van der Waals surface area contributed by atoms with Crippen LogP contribution >= 0.6 is 11.3 Å². The molecule has 12 rings (SSSR count). The Morgan fingerprint density at radius 1 is 0.452 bits per heavy atom. The number of anilines is 9. The molecule has 0 atom stereocenters. The fourth-order valence-corrected chi connectivity index (χ4v) is 11.5. The monoisotopic (exact) mass is 983 g/mol. The standard InChI is InChI=1S/C68H62BN3S/c1-66(2,3)48-30-35-53(36-31-48)71-59-44-58(70(51-26-18-12-19-27-51)52-28-20-13-21-29-52)55(46-24-16-11-17-25-46)43-57(59)69-63-60(71)40-47(45-22-14-10-15-23-45)41-61(63)72(54-37-32-49(33-38-54)67(4,5)6)64-56-42-50(68(7,8)9)34-39-62(56)73-65(64)69/h10-44H,1-9H3/i10D,11D,12D,13D,14D,15D,16D,17D,18D,19D,20D,21D,22D,23D,24D,25D,26D,27D,28D. The fourth-order valence-electron chi connectivity index (χ4n) is 10.2. The average molecular weight is 983 g/mol. The molecule has 0 spiro atoms. The third kappa shape index (κ3) is 8.15. The molecule has 0 saturated carbocycles. The van der Waals surface area contributed by atoms with Gasteiger partial charge in [0, 0.05) is 60.2 Å². The quantitative estimate of drug-likeness (QED) is 0.147. The highest BCUT2D eigenvalue weighted by atomic mass is 32.1. The van der Waals surface area contributed by atoms with E-state index in [-0.39, 0.29) is 44.2 Å². The van der Waals surface area contributed by atoms with Crippen molar-refractivity contribution < 1.29 is 26.0 Å². The Kier molecular flexibility index (Phi) is 7.17. The van der Waals surface area contributed by atoms with E-state index in [1.54, 1.807) is 18.2 Å². The first kappa shape index (κ1) is 29.8. The number of thiophene rings is 1. The lowest BCUT2D eigenvalue weighted by Crippen LogP contribution is -2.60. The lowest BCUT2D eigenvalue weighted by molar-refractivity contribution is 0.590. The van der Waals surface area contributed by atoms with Crippen LogP contribution in [0.3, 0.4) is 0 Å². The number of benzene rings is 9. The number of nitrogens with zero attached hydrogens (tertiary/aromatic N) is 3. The van der Waals surface area contributed by atoms with Crippen LogP contribution in [0.2, 0.25) is 0 Å². The summed E-state index contributed by atoms with van der Waals surface area (Å²) < 4.78 is 177. The van der Waals surface area contributed by atoms with Gasteiger partial charge in [-0.1, -0.05) is 195 Å². The molecule has 0 saturated heterocycles. The fraction of sp³-hybridized carbons (Fsp3) is 0.176. The Bertz CT molecular complexity index is 4750. The van der Waals surface area contributed by atoms with Crippen molar-refractivity contribution in [1.29, 1.82) is 0 Å². The summed E-state index contributed by atoms with van der Waals surface area (Å²) in [5, 5.41) is 0.854. The Morgan fingerprint density at radius 2 is 0.959 bits per heavy atom. The predicted octanol–water partition coefficient (Wildman–Crippen LogP) is 17.7. The van der Waals surface area contributed by atoms with Gasteiger partial charge in [-0.15, -0.1) is 11.3 Å². The molecule has 2 aliphatic rings. The Balaban J connectivity index is 1.35. The molecule has 0 fully saturated rings. The lowest BCUT2D eigenvalue weighted by Gasteiger charge is -2.44. The molecule has 0 amide bonds. The van der Waals surface area contributed by atoms with Crippen LogP contribution in [0.1, 0.15) is 105 Å². The van der Waals surface area contributed by atoms with Crippen molar-refractivity contribution in [2.24, 2.45) is 0 Å². The van der Waals surface area contributed by atoms with E-state index in [9.17, 15) is 12.3 Å². The maximum absolute atomic E-state index is 9.74. The van der Waals surface area contributed by atoms with Gasteiger partial charge in [0.05, 0.1) is 37.4 Å². The first-order valence-corrected chi connectivity index (χ1v) is 25.1. The molecule has 0 aliphatic carbocycles. The van der Waals surface area contributed by atoms with E-state index in [2.05, 4.69) is 97.5 Å². The Hall–Kier alpha value is -7.60. The lowest BCUT2D eigenvalue weighted by atomic mass is 9.36. The largest absolute Gasteiger partial charge is 0.311 e. The molecule has 358 valence electrons. The number of hydrogen-bond donors (Lipinski definition) is 0.